The number of amides is 2. The first-order chi connectivity index (χ1) is 14.2. The van der Waals surface area contributed by atoms with Crippen LogP contribution in [0.1, 0.15) is 52.0 Å². The Morgan fingerprint density at radius 1 is 1.03 bits per heavy atom. The first-order valence-electron chi connectivity index (χ1n) is 10.3. The Morgan fingerprint density at radius 3 is 2.59 bits per heavy atom. The molecule has 150 valence electrons. The van der Waals surface area contributed by atoms with Crippen molar-refractivity contribution in [2.75, 3.05) is 19.6 Å². The van der Waals surface area contributed by atoms with E-state index < -0.39 is 0 Å². The van der Waals surface area contributed by atoms with Gasteiger partial charge in [-0.1, -0.05) is 18.2 Å². The van der Waals surface area contributed by atoms with Crippen LogP contribution in [0, 0.1) is 0 Å². The summed E-state index contributed by atoms with van der Waals surface area (Å²) in [7, 11) is 0. The molecule has 2 aliphatic rings. The molecule has 0 aliphatic carbocycles. The van der Waals surface area contributed by atoms with Gasteiger partial charge in [0, 0.05) is 49.2 Å². The lowest BCUT2D eigenvalue weighted by Gasteiger charge is -2.27. The Bertz CT molecular complexity index is 1090. The van der Waals surface area contributed by atoms with Crippen LogP contribution < -0.4 is 0 Å². The maximum Gasteiger partial charge on any atom is 0.275 e. The summed E-state index contributed by atoms with van der Waals surface area (Å²) < 4.78 is 1.92. The molecule has 0 unspecified atom stereocenters. The van der Waals surface area contributed by atoms with Crippen molar-refractivity contribution in [1.82, 2.24) is 29.8 Å². The van der Waals surface area contributed by atoms with Crippen LogP contribution in [-0.4, -0.2) is 61.2 Å². The van der Waals surface area contributed by atoms with E-state index in [0.717, 1.165) is 48.1 Å². The first-order valence-corrected chi connectivity index (χ1v) is 10.3. The van der Waals surface area contributed by atoms with Crippen LogP contribution in [-0.2, 0) is 19.5 Å². The molecule has 1 aromatic carbocycles. The first kappa shape index (κ1) is 17.9. The molecule has 2 aliphatic heterocycles. The summed E-state index contributed by atoms with van der Waals surface area (Å²) in [6.07, 6.45) is 2.77. The molecule has 2 amide bonds. The molecule has 3 aromatic rings. The van der Waals surface area contributed by atoms with Crippen LogP contribution in [0.15, 0.2) is 24.3 Å². The van der Waals surface area contributed by atoms with Gasteiger partial charge >= 0.3 is 0 Å². The van der Waals surface area contributed by atoms with Gasteiger partial charge in [-0.05, 0) is 25.8 Å². The number of nitrogens with zero attached hydrogens (tertiary/aromatic N) is 5. The fraction of sp³-hybridized carbons (Fsp3) is 0.429. The minimum atomic E-state index is -0.114. The third-order valence-electron chi connectivity index (χ3n) is 5.99. The summed E-state index contributed by atoms with van der Waals surface area (Å²) in [6.45, 7) is 5.31. The van der Waals surface area contributed by atoms with Crippen molar-refractivity contribution in [1.29, 1.82) is 0 Å². The summed E-state index contributed by atoms with van der Waals surface area (Å²) in [6, 6.07) is 7.63. The van der Waals surface area contributed by atoms with E-state index >= 15 is 0 Å². The van der Waals surface area contributed by atoms with Crippen LogP contribution in [0.2, 0.25) is 0 Å². The highest BCUT2D eigenvalue weighted by Gasteiger charge is 2.33. The Labute approximate surface area is 168 Å². The topological polar surface area (TPSA) is 87.1 Å². The summed E-state index contributed by atoms with van der Waals surface area (Å²) in [5.41, 5.74) is 3.75. The van der Waals surface area contributed by atoms with Gasteiger partial charge in [-0.2, -0.15) is 10.2 Å². The summed E-state index contributed by atoms with van der Waals surface area (Å²) in [5.74, 6) is -0.123. The van der Waals surface area contributed by atoms with E-state index in [9.17, 15) is 9.59 Å². The number of aryl methyl sites for hydroxylation is 1. The largest absolute Gasteiger partial charge is 0.337 e. The number of nitrogens with one attached hydrogen (secondary N) is 1. The van der Waals surface area contributed by atoms with Crippen LogP contribution in [0.3, 0.4) is 0 Å². The minimum Gasteiger partial charge on any atom is -0.337 e. The molecule has 4 heterocycles. The Hall–Kier alpha value is -3.16. The van der Waals surface area contributed by atoms with Gasteiger partial charge in [-0.3, -0.25) is 19.4 Å². The second-order valence-corrected chi connectivity index (χ2v) is 7.68. The van der Waals surface area contributed by atoms with Gasteiger partial charge in [0.1, 0.15) is 0 Å². The van der Waals surface area contributed by atoms with E-state index in [-0.39, 0.29) is 11.8 Å². The smallest absolute Gasteiger partial charge is 0.275 e. The Kier molecular flexibility index (Phi) is 4.34. The zero-order valence-corrected chi connectivity index (χ0v) is 16.5. The molecular weight excluding hydrogens is 368 g/mol. The number of benzene rings is 1. The standard InChI is InChI=1S/C21H24N6O2/c1-2-27-17-9-12-26(20(28)18-14-7-3-4-8-16(14)22-23-18)13-15(17)19(24-27)21(29)25-10-5-6-11-25/h3-4,7-8H,2,5-6,9-13H2,1H3,(H,22,23). The molecular formula is C21H24N6O2. The number of hydrogen-bond donors (Lipinski definition) is 1. The quantitative estimate of drug-likeness (QED) is 0.740. The normalized spacial score (nSPS) is 16.4. The monoisotopic (exact) mass is 392 g/mol. The number of rotatable bonds is 3. The predicted molar refractivity (Wildman–Crippen MR) is 108 cm³/mol. The van der Waals surface area contributed by atoms with E-state index in [1.54, 1.807) is 4.90 Å². The number of para-hydroxylation sites is 1. The second kappa shape index (κ2) is 7.02. The molecule has 1 saturated heterocycles. The molecule has 1 fully saturated rings. The second-order valence-electron chi connectivity index (χ2n) is 7.68. The minimum absolute atomic E-state index is 0.00883. The lowest BCUT2D eigenvalue weighted by molar-refractivity contribution is 0.0718. The lowest BCUT2D eigenvalue weighted by Crippen LogP contribution is -2.37. The Morgan fingerprint density at radius 2 is 1.79 bits per heavy atom. The van der Waals surface area contributed by atoms with Crippen molar-refractivity contribution >= 4 is 22.7 Å². The zero-order chi connectivity index (χ0) is 20.0. The SMILES string of the molecule is CCn1nc(C(=O)N2CCCC2)c2c1CCN(C(=O)c1n[nH]c3ccccc13)C2. The van der Waals surface area contributed by atoms with E-state index in [2.05, 4.69) is 15.3 Å². The van der Waals surface area contributed by atoms with Crippen LogP contribution in [0.4, 0.5) is 0 Å². The Balaban J connectivity index is 1.47. The van der Waals surface area contributed by atoms with Crippen molar-refractivity contribution < 1.29 is 9.59 Å². The molecule has 0 radical (unpaired) electrons. The molecule has 0 saturated carbocycles. The number of carbonyl (C=O) groups is 2. The zero-order valence-electron chi connectivity index (χ0n) is 16.5. The molecule has 8 heteroatoms. The fourth-order valence-electron chi connectivity index (χ4n) is 4.44. The number of hydrogen-bond acceptors (Lipinski definition) is 4. The van der Waals surface area contributed by atoms with E-state index in [4.69, 9.17) is 0 Å². The maximum atomic E-state index is 13.2. The average Bonchev–Trinajstić information content (AvgIpc) is 3.50. The molecule has 1 N–H and O–H groups in total. The number of aromatic nitrogens is 4. The van der Waals surface area contributed by atoms with Gasteiger partial charge in [0.2, 0.25) is 0 Å². The maximum absolute atomic E-state index is 13.2. The van der Waals surface area contributed by atoms with E-state index in [0.29, 0.717) is 37.4 Å². The third kappa shape index (κ3) is 2.90. The number of fused-ring (bicyclic) bond motifs is 2. The highest BCUT2D eigenvalue weighted by Crippen LogP contribution is 2.27. The van der Waals surface area contributed by atoms with Crippen LogP contribution in [0.25, 0.3) is 10.9 Å². The van der Waals surface area contributed by atoms with Crippen molar-refractivity contribution in [3.05, 3.63) is 46.9 Å². The summed E-state index contributed by atoms with van der Waals surface area (Å²) in [4.78, 5) is 29.9. The van der Waals surface area contributed by atoms with Crippen molar-refractivity contribution in [2.24, 2.45) is 0 Å². The number of aromatic amines is 1. The number of carbonyl (C=O) groups excluding carboxylic acids is 2. The van der Waals surface area contributed by atoms with Gasteiger partial charge in [0.15, 0.2) is 11.4 Å². The fourth-order valence-corrected chi connectivity index (χ4v) is 4.44. The van der Waals surface area contributed by atoms with Crippen molar-refractivity contribution in [2.45, 2.75) is 39.3 Å². The molecule has 5 rings (SSSR count). The molecule has 2 aromatic heterocycles. The van der Waals surface area contributed by atoms with Gasteiger partial charge in [0.25, 0.3) is 11.8 Å². The van der Waals surface area contributed by atoms with Crippen LogP contribution in [0.5, 0.6) is 0 Å². The number of H-pyrrole nitrogens is 1. The molecule has 29 heavy (non-hydrogen) atoms. The van der Waals surface area contributed by atoms with Crippen molar-refractivity contribution in [3.8, 4) is 0 Å². The van der Waals surface area contributed by atoms with Gasteiger partial charge in [-0.15, -0.1) is 0 Å². The highest BCUT2D eigenvalue weighted by molar-refractivity contribution is 6.04. The van der Waals surface area contributed by atoms with Crippen molar-refractivity contribution in [3.63, 3.8) is 0 Å². The highest BCUT2D eigenvalue weighted by atomic mass is 16.2. The van der Waals surface area contributed by atoms with Crippen LogP contribution >= 0.6 is 0 Å². The van der Waals surface area contributed by atoms with E-state index in [1.165, 1.54) is 0 Å². The lowest BCUT2D eigenvalue weighted by atomic mass is 10.0. The predicted octanol–water partition coefficient (Wildman–Crippen LogP) is 2.21. The summed E-state index contributed by atoms with van der Waals surface area (Å²) >= 11 is 0. The third-order valence-corrected chi connectivity index (χ3v) is 5.99. The molecule has 0 spiro atoms. The average molecular weight is 392 g/mol. The van der Waals surface area contributed by atoms with Gasteiger partial charge < -0.3 is 9.80 Å². The molecule has 0 bridgehead atoms. The van der Waals surface area contributed by atoms with E-state index in [1.807, 2.05) is 40.8 Å². The summed E-state index contributed by atoms with van der Waals surface area (Å²) in [5, 5.41) is 12.6. The molecule has 0 atom stereocenters. The van der Waals surface area contributed by atoms with Gasteiger partial charge in [-0.25, -0.2) is 0 Å². The number of likely N-dealkylation sites (tertiary alicyclic amines) is 1. The van der Waals surface area contributed by atoms with Gasteiger partial charge in [0.05, 0.1) is 12.1 Å². The molecule has 8 nitrogen and oxygen atoms in total.